The number of hydrogen-bond donors (Lipinski definition) is 2. The van der Waals surface area contributed by atoms with Crippen molar-refractivity contribution in [1.29, 1.82) is 0 Å². The van der Waals surface area contributed by atoms with Gasteiger partial charge in [-0.05, 0) is 17.8 Å². The molecular formula is C18H18ClN9. The minimum atomic E-state index is 0. The largest absolute Gasteiger partial charge is 0.390 e. The maximum absolute atomic E-state index is 4.89. The third-order valence-electron chi connectivity index (χ3n) is 5.37. The van der Waals surface area contributed by atoms with Crippen LogP contribution < -0.4 is 10.2 Å². The molecule has 0 saturated carbocycles. The summed E-state index contributed by atoms with van der Waals surface area (Å²) >= 11 is 0. The van der Waals surface area contributed by atoms with Crippen LogP contribution in [0.1, 0.15) is 0 Å². The van der Waals surface area contributed by atoms with Crippen LogP contribution in [0.3, 0.4) is 0 Å². The fraction of sp³-hybridized carbons (Fsp3) is 0.278. The van der Waals surface area contributed by atoms with Crippen molar-refractivity contribution < 1.29 is 0 Å². The Morgan fingerprint density at radius 2 is 2.11 bits per heavy atom. The molecule has 2 aliphatic rings. The molecule has 4 aromatic heterocycles. The van der Waals surface area contributed by atoms with E-state index in [-0.39, 0.29) is 12.4 Å². The average Bonchev–Trinajstić information content (AvgIpc) is 3.44. The molecule has 10 heteroatoms. The van der Waals surface area contributed by atoms with E-state index in [4.69, 9.17) is 4.98 Å². The molecule has 0 aliphatic carbocycles. The Kier molecular flexibility index (Phi) is 3.73. The number of hydrogen-bond acceptors (Lipinski definition) is 7. The molecule has 142 valence electrons. The molecule has 2 aliphatic heterocycles. The minimum absolute atomic E-state index is 0. The van der Waals surface area contributed by atoms with E-state index in [1.54, 1.807) is 12.7 Å². The predicted molar refractivity (Wildman–Crippen MR) is 108 cm³/mol. The van der Waals surface area contributed by atoms with Crippen molar-refractivity contribution in [3.8, 4) is 11.3 Å². The van der Waals surface area contributed by atoms with Crippen LogP contribution >= 0.6 is 12.4 Å². The predicted octanol–water partition coefficient (Wildman–Crippen LogP) is 1.65. The Morgan fingerprint density at radius 1 is 1.18 bits per heavy atom. The lowest BCUT2D eigenvalue weighted by Gasteiger charge is -2.17. The van der Waals surface area contributed by atoms with Crippen molar-refractivity contribution in [3.63, 3.8) is 0 Å². The summed E-state index contributed by atoms with van der Waals surface area (Å²) < 4.78 is 1.90. The first-order valence-electron chi connectivity index (χ1n) is 8.92. The number of imidazole rings is 2. The molecule has 0 spiro atoms. The van der Waals surface area contributed by atoms with Gasteiger partial charge in [0.1, 0.15) is 16.7 Å². The minimum Gasteiger partial charge on any atom is -0.390 e. The fourth-order valence-electron chi connectivity index (χ4n) is 3.96. The highest BCUT2D eigenvalue weighted by atomic mass is 35.5. The van der Waals surface area contributed by atoms with Gasteiger partial charge >= 0.3 is 0 Å². The van der Waals surface area contributed by atoms with Gasteiger partial charge in [-0.3, -0.25) is 0 Å². The highest BCUT2D eigenvalue weighted by Crippen LogP contribution is 2.31. The second-order valence-electron chi connectivity index (χ2n) is 7.10. The second-order valence-corrected chi connectivity index (χ2v) is 7.10. The van der Waals surface area contributed by atoms with Crippen LogP contribution in [0, 0.1) is 5.92 Å². The number of nitrogens with zero attached hydrogens (tertiary/aromatic N) is 7. The van der Waals surface area contributed by atoms with Crippen molar-refractivity contribution in [1.82, 2.24) is 39.8 Å². The first-order chi connectivity index (χ1) is 13.3. The second kappa shape index (κ2) is 6.16. The lowest BCUT2D eigenvalue weighted by Crippen LogP contribution is -2.25. The van der Waals surface area contributed by atoms with Crippen LogP contribution in [0.2, 0.25) is 0 Å². The van der Waals surface area contributed by atoms with Gasteiger partial charge in [0, 0.05) is 44.4 Å². The Labute approximate surface area is 166 Å². The zero-order valence-electron chi connectivity index (χ0n) is 15.1. The van der Waals surface area contributed by atoms with Gasteiger partial charge < -0.3 is 19.8 Å². The van der Waals surface area contributed by atoms with E-state index in [2.05, 4.69) is 41.3 Å². The van der Waals surface area contributed by atoms with Gasteiger partial charge in [0.2, 0.25) is 5.95 Å². The molecule has 0 bridgehead atoms. The Bertz CT molecular complexity index is 1220. The number of halogens is 1. The van der Waals surface area contributed by atoms with Crippen molar-refractivity contribution in [2.45, 2.75) is 0 Å². The standard InChI is InChI=1S/C18H17N9.ClH/c1-26-9-23-13-2-10(5-20-17(13)26)14-15-16(22-8-21-15)25-18(24-14)27-6-11-3-19-4-12(11)7-27;/h2-3,5,8-9,12,19H,4,6-7H2,1H3,(H,21,22,24,25);1H. The van der Waals surface area contributed by atoms with E-state index in [1.807, 2.05) is 23.9 Å². The van der Waals surface area contributed by atoms with Crippen LogP contribution in [0.25, 0.3) is 33.6 Å². The maximum Gasteiger partial charge on any atom is 0.228 e. The maximum atomic E-state index is 4.89. The Balaban J connectivity index is 0.00000171. The van der Waals surface area contributed by atoms with Gasteiger partial charge in [0.05, 0.1) is 12.7 Å². The third kappa shape index (κ3) is 2.43. The smallest absolute Gasteiger partial charge is 0.228 e. The van der Waals surface area contributed by atoms with E-state index in [1.165, 1.54) is 5.57 Å². The van der Waals surface area contributed by atoms with Crippen molar-refractivity contribution in [3.05, 3.63) is 36.7 Å². The number of aromatic nitrogens is 7. The summed E-state index contributed by atoms with van der Waals surface area (Å²) in [6.07, 6.45) is 7.38. The van der Waals surface area contributed by atoms with Gasteiger partial charge in [0.15, 0.2) is 11.3 Å². The zero-order valence-corrected chi connectivity index (χ0v) is 15.9. The van der Waals surface area contributed by atoms with Crippen LogP contribution in [-0.4, -0.2) is 54.1 Å². The molecule has 0 amide bonds. The summed E-state index contributed by atoms with van der Waals surface area (Å²) in [6.45, 7) is 2.76. The van der Waals surface area contributed by atoms with E-state index in [9.17, 15) is 0 Å². The summed E-state index contributed by atoms with van der Waals surface area (Å²) in [6, 6.07) is 2.01. The van der Waals surface area contributed by atoms with Crippen molar-refractivity contribution in [2.75, 3.05) is 24.5 Å². The SMILES string of the molecule is Cl.Cn1cnc2cc(-c3nc(N4CC5=CNCC5C4)nc4nc[nH]c34)cnc21. The zero-order chi connectivity index (χ0) is 18.0. The van der Waals surface area contributed by atoms with Gasteiger partial charge in [-0.1, -0.05) is 0 Å². The molecule has 1 saturated heterocycles. The first kappa shape index (κ1) is 16.9. The van der Waals surface area contributed by atoms with Gasteiger partial charge in [-0.2, -0.15) is 4.98 Å². The number of pyridine rings is 1. The molecule has 6 heterocycles. The first-order valence-corrected chi connectivity index (χ1v) is 8.92. The van der Waals surface area contributed by atoms with E-state index in [0.29, 0.717) is 17.5 Å². The van der Waals surface area contributed by atoms with Gasteiger partial charge in [0.25, 0.3) is 0 Å². The lowest BCUT2D eigenvalue weighted by atomic mass is 10.1. The van der Waals surface area contributed by atoms with E-state index < -0.39 is 0 Å². The molecular weight excluding hydrogens is 378 g/mol. The number of nitrogens with one attached hydrogen (secondary N) is 2. The number of rotatable bonds is 2. The number of aromatic amines is 1. The number of fused-ring (bicyclic) bond motifs is 3. The molecule has 0 radical (unpaired) electrons. The van der Waals surface area contributed by atoms with Crippen LogP contribution in [0.4, 0.5) is 5.95 Å². The Hall–Kier alpha value is -3.20. The molecule has 6 rings (SSSR count). The van der Waals surface area contributed by atoms with E-state index >= 15 is 0 Å². The molecule has 4 aromatic rings. The van der Waals surface area contributed by atoms with Crippen molar-refractivity contribution >= 4 is 40.7 Å². The van der Waals surface area contributed by atoms with Crippen molar-refractivity contribution in [2.24, 2.45) is 13.0 Å². The molecule has 1 unspecified atom stereocenters. The molecule has 1 fully saturated rings. The molecule has 0 aromatic carbocycles. The van der Waals surface area contributed by atoms with Crippen LogP contribution in [0.15, 0.2) is 36.7 Å². The molecule has 9 nitrogen and oxygen atoms in total. The summed E-state index contributed by atoms with van der Waals surface area (Å²) in [5.74, 6) is 1.25. The quantitative estimate of drug-likeness (QED) is 0.532. The lowest BCUT2D eigenvalue weighted by molar-refractivity contribution is 0.673. The monoisotopic (exact) mass is 395 g/mol. The number of H-pyrrole nitrogens is 1. The van der Waals surface area contributed by atoms with Gasteiger partial charge in [-0.15, -0.1) is 12.4 Å². The normalized spacial score (nSPS) is 18.2. The number of aryl methyl sites for hydroxylation is 1. The fourth-order valence-corrected chi connectivity index (χ4v) is 3.96. The Morgan fingerprint density at radius 3 is 3.00 bits per heavy atom. The summed E-state index contributed by atoms with van der Waals surface area (Å²) in [4.78, 5) is 28.3. The summed E-state index contributed by atoms with van der Waals surface area (Å²) in [5.41, 5.74) is 6.29. The van der Waals surface area contributed by atoms with Gasteiger partial charge in [-0.25, -0.2) is 19.9 Å². The molecule has 1 atom stereocenters. The number of anilines is 1. The topological polar surface area (TPSA) is 100 Å². The third-order valence-corrected chi connectivity index (χ3v) is 5.37. The van der Waals surface area contributed by atoms with Crippen LogP contribution in [0.5, 0.6) is 0 Å². The van der Waals surface area contributed by atoms with E-state index in [0.717, 1.165) is 47.6 Å². The highest BCUT2D eigenvalue weighted by Gasteiger charge is 2.32. The summed E-state index contributed by atoms with van der Waals surface area (Å²) in [5, 5.41) is 3.31. The summed E-state index contributed by atoms with van der Waals surface area (Å²) in [7, 11) is 1.94. The average molecular weight is 396 g/mol. The molecule has 28 heavy (non-hydrogen) atoms. The highest BCUT2D eigenvalue weighted by molar-refractivity contribution is 5.90. The molecule has 2 N–H and O–H groups in total. The van der Waals surface area contributed by atoms with Crippen LogP contribution in [-0.2, 0) is 7.05 Å².